The molecule has 164 valence electrons. The van der Waals surface area contributed by atoms with E-state index in [1.807, 2.05) is 0 Å². The number of ketones is 1. The van der Waals surface area contributed by atoms with Crippen molar-refractivity contribution in [1.29, 1.82) is 0 Å². The molecule has 2 aromatic carbocycles. The molecule has 5 rings (SSSR count). The van der Waals surface area contributed by atoms with Gasteiger partial charge in [-0.05, 0) is 67.3 Å². The van der Waals surface area contributed by atoms with Gasteiger partial charge in [0.25, 0.3) is 0 Å². The Morgan fingerprint density at radius 1 is 0.969 bits per heavy atom. The first kappa shape index (κ1) is 20.7. The van der Waals surface area contributed by atoms with Crippen molar-refractivity contribution in [1.82, 2.24) is 0 Å². The summed E-state index contributed by atoms with van der Waals surface area (Å²) in [6, 6.07) is 12.3. The van der Waals surface area contributed by atoms with Gasteiger partial charge in [-0.25, -0.2) is 4.79 Å². The molecule has 1 aliphatic heterocycles. The number of rotatable bonds is 6. The van der Waals surface area contributed by atoms with Crippen LogP contribution in [0.3, 0.4) is 0 Å². The zero-order valence-electron chi connectivity index (χ0n) is 16.9. The van der Waals surface area contributed by atoms with Gasteiger partial charge in [0.1, 0.15) is 11.9 Å². The van der Waals surface area contributed by atoms with Crippen LogP contribution in [0.1, 0.15) is 33.6 Å². The molecule has 7 nitrogen and oxygen atoms in total. The summed E-state index contributed by atoms with van der Waals surface area (Å²) in [5, 5.41) is 0.512. The van der Waals surface area contributed by atoms with E-state index in [9.17, 15) is 19.2 Å². The average Bonchev–Trinajstić information content (AvgIpc) is 3.41. The number of Topliss-reactive ketones (excluding diaryl/α,β-unsaturated/α-hetero) is 1. The molecule has 3 aliphatic rings. The maximum Gasteiger partial charge on any atom is 0.343 e. The number of halogens is 1. The van der Waals surface area contributed by atoms with Crippen LogP contribution in [0, 0.1) is 23.7 Å². The number of hydrogen-bond acceptors (Lipinski definition) is 7. The molecule has 0 amide bonds. The Morgan fingerprint density at radius 3 is 2.38 bits per heavy atom. The molecule has 2 aromatic rings. The highest BCUT2D eigenvalue weighted by Crippen LogP contribution is 2.57. The van der Waals surface area contributed by atoms with Crippen molar-refractivity contribution in [3.63, 3.8) is 0 Å². The fourth-order valence-corrected chi connectivity index (χ4v) is 5.23. The number of carbonyl (C=O) groups excluding carboxylic acids is 4. The SMILES string of the molecule is O=C(COC(=O)[C@@H]1[C@@H]2C[C@@H]3[C@@H]1C(=O)O[C@H]3C2)c1ccc(OC(=O)c2ccc(Cl)cc2)cc1. The molecule has 1 saturated heterocycles. The third-order valence-corrected chi connectivity index (χ3v) is 6.82. The van der Waals surface area contributed by atoms with Crippen molar-refractivity contribution in [3.05, 3.63) is 64.7 Å². The summed E-state index contributed by atoms with van der Waals surface area (Å²) in [7, 11) is 0. The largest absolute Gasteiger partial charge is 0.462 e. The lowest BCUT2D eigenvalue weighted by atomic mass is 9.80. The quantitative estimate of drug-likeness (QED) is 0.374. The number of fused-ring (bicyclic) bond motifs is 1. The minimum Gasteiger partial charge on any atom is -0.462 e. The van der Waals surface area contributed by atoms with Crippen LogP contribution in [-0.2, 0) is 19.1 Å². The molecule has 8 heteroatoms. The molecule has 2 aliphatic carbocycles. The van der Waals surface area contributed by atoms with Crippen LogP contribution in [0.2, 0.25) is 5.02 Å². The summed E-state index contributed by atoms with van der Waals surface area (Å²) in [5.41, 5.74) is 0.664. The lowest BCUT2D eigenvalue weighted by Gasteiger charge is -2.22. The van der Waals surface area contributed by atoms with E-state index < -0.39 is 30.4 Å². The fourth-order valence-electron chi connectivity index (χ4n) is 5.10. The Balaban J connectivity index is 1.16. The van der Waals surface area contributed by atoms with Crippen LogP contribution in [0.15, 0.2) is 48.5 Å². The maximum absolute atomic E-state index is 12.6. The highest BCUT2D eigenvalue weighted by molar-refractivity contribution is 6.30. The lowest BCUT2D eigenvalue weighted by molar-refractivity contribution is -0.154. The fraction of sp³-hybridized carbons (Fsp3) is 0.333. The zero-order chi connectivity index (χ0) is 22.4. The molecular weight excluding hydrogens is 436 g/mol. The van der Waals surface area contributed by atoms with Crippen LogP contribution in [0.5, 0.6) is 5.75 Å². The number of esters is 3. The molecule has 0 spiro atoms. The Morgan fingerprint density at radius 2 is 1.66 bits per heavy atom. The second kappa shape index (κ2) is 8.06. The van der Waals surface area contributed by atoms with Crippen molar-refractivity contribution in [3.8, 4) is 5.75 Å². The molecular formula is C24H19ClO7. The first-order chi connectivity index (χ1) is 15.4. The summed E-state index contributed by atoms with van der Waals surface area (Å²) in [5.74, 6) is -2.27. The van der Waals surface area contributed by atoms with Gasteiger partial charge < -0.3 is 14.2 Å². The van der Waals surface area contributed by atoms with Gasteiger partial charge in [0.05, 0.1) is 17.4 Å². The normalized spacial score (nSPS) is 27.2. The monoisotopic (exact) mass is 454 g/mol. The summed E-state index contributed by atoms with van der Waals surface area (Å²) in [6.07, 6.45) is 1.43. The van der Waals surface area contributed by atoms with Gasteiger partial charge in [0.2, 0.25) is 0 Å². The van der Waals surface area contributed by atoms with Gasteiger partial charge >= 0.3 is 17.9 Å². The molecule has 5 atom stereocenters. The van der Waals surface area contributed by atoms with Crippen LogP contribution in [0.4, 0.5) is 0 Å². The summed E-state index contributed by atoms with van der Waals surface area (Å²) in [6.45, 7) is -0.415. The van der Waals surface area contributed by atoms with E-state index in [1.54, 1.807) is 24.3 Å². The minimum atomic E-state index is -0.548. The Hall–Kier alpha value is -3.19. The van der Waals surface area contributed by atoms with E-state index in [4.69, 9.17) is 25.8 Å². The van der Waals surface area contributed by atoms with E-state index in [0.29, 0.717) is 22.6 Å². The standard InChI is InChI=1S/C24H19ClO7/c25-15-5-1-13(2-6-15)22(27)31-16-7-3-12(4-8-16)18(26)11-30-23(28)20-14-9-17-19(10-14)32-24(29)21(17)20/h1-8,14,17,19-21H,9-11H2/t14-,17+,19+,20-,21+/m1/s1. The third-order valence-electron chi connectivity index (χ3n) is 6.57. The molecule has 32 heavy (non-hydrogen) atoms. The van der Waals surface area contributed by atoms with E-state index in [1.165, 1.54) is 24.3 Å². The molecule has 2 bridgehead atoms. The molecule has 3 fully saturated rings. The first-order valence-corrected chi connectivity index (χ1v) is 10.8. The van der Waals surface area contributed by atoms with Crippen LogP contribution < -0.4 is 4.74 Å². The van der Waals surface area contributed by atoms with Gasteiger partial charge in [-0.15, -0.1) is 0 Å². The van der Waals surface area contributed by atoms with E-state index in [0.717, 1.165) is 6.42 Å². The predicted molar refractivity (Wildman–Crippen MR) is 111 cm³/mol. The van der Waals surface area contributed by atoms with Crippen molar-refractivity contribution >= 4 is 35.3 Å². The topological polar surface area (TPSA) is 96.0 Å². The molecule has 0 N–H and O–H groups in total. The van der Waals surface area contributed by atoms with E-state index in [-0.39, 0.29) is 35.4 Å². The van der Waals surface area contributed by atoms with E-state index >= 15 is 0 Å². The van der Waals surface area contributed by atoms with Crippen molar-refractivity contribution in [2.75, 3.05) is 6.61 Å². The third kappa shape index (κ3) is 3.66. The van der Waals surface area contributed by atoms with Gasteiger partial charge in [0, 0.05) is 16.5 Å². The number of hydrogen-bond donors (Lipinski definition) is 0. The summed E-state index contributed by atoms with van der Waals surface area (Å²) >= 11 is 5.81. The van der Waals surface area contributed by atoms with E-state index in [2.05, 4.69) is 0 Å². The average molecular weight is 455 g/mol. The van der Waals surface area contributed by atoms with Crippen molar-refractivity contribution < 1.29 is 33.4 Å². The van der Waals surface area contributed by atoms with Gasteiger partial charge in [-0.1, -0.05) is 11.6 Å². The van der Waals surface area contributed by atoms with Crippen LogP contribution in [0.25, 0.3) is 0 Å². The Kier molecular flexibility index (Phi) is 5.21. The van der Waals surface area contributed by atoms with Crippen LogP contribution >= 0.6 is 11.6 Å². The highest BCUT2D eigenvalue weighted by Gasteiger charge is 2.64. The zero-order valence-corrected chi connectivity index (χ0v) is 17.6. The van der Waals surface area contributed by atoms with Crippen LogP contribution in [-0.4, -0.2) is 36.4 Å². The second-order valence-corrected chi connectivity index (χ2v) is 8.81. The number of ether oxygens (including phenoxy) is 3. The highest BCUT2D eigenvalue weighted by atomic mass is 35.5. The smallest absolute Gasteiger partial charge is 0.343 e. The van der Waals surface area contributed by atoms with Gasteiger partial charge in [0.15, 0.2) is 12.4 Å². The molecule has 0 unspecified atom stereocenters. The Labute approximate surface area is 188 Å². The summed E-state index contributed by atoms with van der Waals surface area (Å²) in [4.78, 5) is 49.2. The first-order valence-electron chi connectivity index (χ1n) is 10.4. The van der Waals surface area contributed by atoms with Crippen molar-refractivity contribution in [2.24, 2.45) is 23.7 Å². The maximum atomic E-state index is 12.6. The predicted octanol–water partition coefficient (Wildman–Crippen LogP) is 3.48. The summed E-state index contributed by atoms with van der Waals surface area (Å²) < 4.78 is 15.9. The van der Waals surface area contributed by atoms with Gasteiger partial charge in [-0.3, -0.25) is 14.4 Å². The van der Waals surface area contributed by atoms with Crippen molar-refractivity contribution in [2.45, 2.75) is 18.9 Å². The Bertz CT molecular complexity index is 1090. The van der Waals surface area contributed by atoms with Gasteiger partial charge in [-0.2, -0.15) is 0 Å². The minimum absolute atomic E-state index is 0.0597. The number of carbonyl (C=O) groups is 4. The lowest BCUT2D eigenvalue weighted by Crippen LogP contribution is -2.34. The number of benzene rings is 2. The molecule has 1 heterocycles. The molecule has 0 aromatic heterocycles. The molecule has 0 radical (unpaired) electrons. The molecule has 2 saturated carbocycles. The second-order valence-electron chi connectivity index (χ2n) is 8.37.